The molecule has 1 unspecified atom stereocenters. The molecule has 0 bridgehead atoms. The third-order valence-electron chi connectivity index (χ3n) is 2.01. The lowest BCUT2D eigenvalue weighted by Crippen LogP contribution is -2.20. The Bertz CT molecular complexity index is 286. The maximum Gasteiger partial charge on any atom is 0.247 e. The average molecular weight is 180 g/mol. The molecule has 2 N–H and O–H groups in total. The molecule has 3 nitrogen and oxygen atoms in total. The molecule has 0 aliphatic rings. The molecule has 1 heterocycles. The molecule has 0 aliphatic carbocycles. The van der Waals surface area contributed by atoms with Crippen LogP contribution >= 0.6 is 0 Å². The molecule has 1 atom stereocenters. The van der Waals surface area contributed by atoms with Crippen molar-refractivity contribution < 1.29 is 0 Å². The molecule has 0 aromatic carbocycles. The van der Waals surface area contributed by atoms with Gasteiger partial charge in [-0.05, 0) is 25.5 Å². The number of hydrogen-bond donors (Lipinski definition) is 2. The first kappa shape index (κ1) is 9.99. The van der Waals surface area contributed by atoms with Crippen molar-refractivity contribution >= 4 is 0 Å². The highest BCUT2D eigenvalue weighted by molar-refractivity contribution is 5.12. The molecule has 0 saturated heterocycles. The Balaban J connectivity index is 2.60. The number of aromatic nitrogens is 1. The van der Waals surface area contributed by atoms with Crippen molar-refractivity contribution in [1.82, 2.24) is 10.3 Å². The van der Waals surface area contributed by atoms with Crippen molar-refractivity contribution in [2.45, 2.75) is 26.3 Å². The van der Waals surface area contributed by atoms with Crippen molar-refractivity contribution in [2.75, 3.05) is 6.54 Å². The number of nitrogens with one attached hydrogen (secondary N) is 2. The van der Waals surface area contributed by atoms with Gasteiger partial charge in [-0.2, -0.15) is 0 Å². The molecule has 0 radical (unpaired) electrons. The Morgan fingerprint density at radius 3 is 2.85 bits per heavy atom. The third kappa shape index (κ3) is 3.03. The van der Waals surface area contributed by atoms with Crippen LogP contribution in [0.25, 0.3) is 0 Å². The zero-order valence-electron chi connectivity index (χ0n) is 8.13. The number of rotatable bonds is 4. The molecular weight excluding hydrogens is 164 g/mol. The van der Waals surface area contributed by atoms with E-state index in [1.165, 1.54) is 0 Å². The van der Waals surface area contributed by atoms with Crippen molar-refractivity contribution in [1.29, 1.82) is 0 Å². The predicted molar refractivity (Wildman–Crippen MR) is 53.8 cm³/mol. The van der Waals surface area contributed by atoms with Gasteiger partial charge in [-0.15, -0.1) is 0 Å². The van der Waals surface area contributed by atoms with E-state index in [4.69, 9.17) is 0 Å². The van der Waals surface area contributed by atoms with Gasteiger partial charge in [0.05, 0.1) is 0 Å². The maximum absolute atomic E-state index is 10.8. The summed E-state index contributed by atoms with van der Waals surface area (Å²) in [6.07, 6.45) is 2.88. The molecule has 1 rings (SSSR count). The molecule has 1 aromatic heterocycles. The van der Waals surface area contributed by atoms with Crippen LogP contribution in [0.5, 0.6) is 0 Å². The molecular formula is C10H16N2O. The van der Waals surface area contributed by atoms with Gasteiger partial charge < -0.3 is 10.3 Å². The van der Waals surface area contributed by atoms with Crippen molar-refractivity contribution in [2.24, 2.45) is 0 Å². The van der Waals surface area contributed by atoms with Crippen LogP contribution in [-0.2, 0) is 0 Å². The van der Waals surface area contributed by atoms with Gasteiger partial charge in [0.2, 0.25) is 5.56 Å². The SMILES string of the molecule is CCCNC(C)c1ccc(=O)[nH]c1. The van der Waals surface area contributed by atoms with Gasteiger partial charge >= 0.3 is 0 Å². The fourth-order valence-electron chi connectivity index (χ4n) is 1.17. The van der Waals surface area contributed by atoms with Crippen LogP contribution in [0.1, 0.15) is 31.9 Å². The lowest BCUT2D eigenvalue weighted by molar-refractivity contribution is 0.569. The van der Waals surface area contributed by atoms with Crippen molar-refractivity contribution in [3.05, 3.63) is 34.2 Å². The highest BCUT2D eigenvalue weighted by atomic mass is 16.1. The van der Waals surface area contributed by atoms with E-state index >= 15 is 0 Å². The molecule has 0 fully saturated rings. The van der Waals surface area contributed by atoms with E-state index in [0.717, 1.165) is 18.5 Å². The number of H-pyrrole nitrogens is 1. The Hall–Kier alpha value is -1.09. The Labute approximate surface area is 78.2 Å². The first-order chi connectivity index (χ1) is 6.24. The van der Waals surface area contributed by atoms with E-state index in [9.17, 15) is 4.79 Å². The zero-order valence-corrected chi connectivity index (χ0v) is 8.13. The van der Waals surface area contributed by atoms with Crippen molar-refractivity contribution in [3.8, 4) is 0 Å². The minimum absolute atomic E-state index is 0.0496. The highest BCUT2D eigenvalue weighted by Crippen LogP contribution is 2.07. The first-order valence-electron chi connectivity index (χ1n) is 4.66. The molecule has 72 valence electrons. The normalized spacial score (nSPS) is 12.8. The van der Waals surface area contributed by atoms with E-state index in [1.807, 2.05) is 6.07 Å². The number of hydrogen-bond acceptors (Lipinski definition) is 2. The lowest BCUT2D eigenvalue weighted by atomic mass is 10.1. The van der Waals surface area contributed by atoms with Crippen LogP contribution in [-0.4, -0.2) is 11.5 Å². The van der Waals surface area contributed by atoms with E-state index in [0.29, 0.717) is 6.04 Å². The van der Waals surface area contributed by atoms with Gasteiger partial charge in [0, 0.05) is 18.3 Å². The molecule has 0 saturated carbocycles. The van der Waals surface area contributed by atoms with Crippen LogP contribution in [0.4, 0.5) is 0 Å². The standard InChI is InChI=1S/C10H16N2O/c1-3-6-11-8(2)9-4-5-10(13)12-7-9/h4-5,7-8,11H,3,6H2,1-2H3,(H,12,13). The summed E-state index contributed by atoms with van der Waals surface area (Å²) in [5.74, 6) is 0. The molecule has 13 heavy (non-hydrogen) atoms. The quantitative estimate of drug-likeness (QED) is 0.736. The lowest BCUT2D eigenvalue weighted by Gasteiger charge is -2.12. The van der Waals surface area contributed by atoms with Crippen LogP contribution in [0, 0.1) is 0 Å². The summed E-state index contributed by atoms with van der Waals surface area (Å²) < 4.78 is 0. The summed E-state index contributed by atoms with van der Waals surface area (Å²) in [6, 6.07) is 3.71. The van der Waals surface area contributed by atoms with Crippen LogP contribution in [0.3, 0.4) is 0 Å². The summed E-state index contributed by atoms with van der Waals surface area (Å²) >= 11 is 0. The molecule has 0 amide bonds. The second-order valence-corrected chi connectivity index (χ2v) is 3.16. The summed E-state index contributed by atoms with van der Waals surface area (Å²) in [5.41, 5.74) is 1.07. The number of aromatic amines is 1. The summed E-state index contributed by atoms with van der Waals surface area (Å²) in [6.45, 7) is 5.22. The van der Waals surface area contributed by atoms with E-state index < -0.39 is 0 Å². The second kappa shape index (κ2) is 4.82. The van der Waals surface area contributed by atoms with Crippen molar-refractivity contribution in [3.63, 3.8) is 0 Å². The monoisotopic (exact) mass is 180 g/mol. The fourth-order valence-corrected chi connectivity index (χ4v) is 1.17. The second-order valence-electron chi connectivity index (χ2n) is 3.16. The minimum Gasteiger partial charge on any atom is -0.329 e. The smallest absolute Gasteiger partial charge is 0.247 e. The Kier molecular flexibility index (Phi) is 3.71. The molecule has 3 heteroatoms. The van der Waals surface area contributed by atoms with Crippen LogP contribution in [0.15, 0.2) is 23.1 Å². The molecule has 1 aromatic rings. The predicted octanol–water partition coefficient (Wildman–Crippen LogP) is 1.44. The molecule has 0 aliphatic heterocycles. The van der Waals surface area contributed by atoms with E-state index in [-0.39, 0.29) is 5.56 Å². The topological polar surface area (TPSA) is 44.9 Å². The summed E-state index contributed by atoms with van der Waals surface area (Å²) in [4.78, 5) is 13.4. The van der Waals surface area contributed by atoms with E-state index in [2.05, 4.69) is 24.1 Å². The maximum atomic E-state index is 10.8. The van der Waals surface area contributed by atoms with Gasteiger partial charge in [-0.3, -0.25) is 4.79 Å². The van der Waals surface area contributed by atoms with Crippen LogP contribution < -0.4 is 10.9 Å². The average Bonchev–Trinajstić information content (AvgIpc) is 2.15. The van der Waals surface area contributed by atoms with E-state index in [1.54, 1.807) is 12.3 Å². The summed E-state index contributed by atoms with van der Waals surface area (Å²) in [5, 5.41) is 3.35. The number of pyridine rings is 1. The van der Waals surface area contributed by atoms with Crippen LogP contribution in [0.2, 0.25) is 0 Å². The van der Waals surface area contributed by atoms with Gasteiger partial charge in [0.1, 0.15) is 0 Å². The van der Waals surface area contributed by atoms with Gasteiger partial charge in [-0.1, -0.05) is 13.0 Å². The first-order valence-corrected chi connectivity index (χ1v) is 4.66. The third-order valence-corrected chi connectivity index (χ3v) is 2.01. The van der Waals surface area contributed by atoms with Gasteiger partial charge in [-0.25, -0.2) is 0 Å². The Morgan fingerprint density at radius 2 is 2.31 bits per heavy atom. The van der Waals surface area contributed by atoms with Gasteiger partial charge in [0.15, 0.2) is 0 Å². The minimum atomic E-state index is -0.0496. The van der Waals surface area contributed by atoms with Gasteiger partial charge in [0.25, 0.3) is 0 Å². The highest BCUT2D eigenvalue weighted by Gasteiger charge is 2.02. The molecule has 0 spiro atoms. The zero-order chi connectivity index (χ0) is 9.68. The Morgan fingerprint density at radius 1 is 1.54 bits per heavy atom. The summed E-state index contributed by atoms with van der Waals surface area (Å²) in [7, 11) is 0. The largest absolute Gasteiger partial charge is 0.329 e. The fraction of sp³-hybridized carbons (Fsp3) is 0.500.